The molecule has 122 valence electrons. The van der Waals surface area contributed by atoms with E-state index in [-0.39, 0.29) is 36.0 Å². The summed E-state index contributed by atoms with van der Waals surface area (Å²) < 4.78 is 13.0. The van der Waals surface area contributed by atoms with Crippen molar-refractivity contribution in [1.82, 2.24) is 19.9 Å². The summed E-state index contributed by atoms with van der Waals surface area (Å²) in [7, 11) is 0. The number of aliphatic hydroxyl groups excluding tert-OH is 1. The maximum Gasteiger partial charge on any atom is 0.276 e. The average molecular weight is 318 g/mol. The molecule has 1 aliphatic heterocycles. The van der Waals surface area contributed by atoms with E-state index in [0.717, 1.165) is 12.8 Å². The number of amides is 1. The fourth-order valence-electron chi connectivity index (χ4n) is 2.99. The molecule has 1 amide bonds. The van der Waals surface area contributed by atoms with Crippen molar-refractivity contribution >= 4 is 5.91 Å². The number of hydrogen-bond donors (Lipinski definition) is 1. The van der Waals surface area contributed by atoms with E-state index in [1.807, 2.05) is 6.92 Å². The molecule has 23 heavy (non-hydrogen) atoms. The van der Waals surface area contributed by atoms with Crippen molar-refractivity contribution in [2.24, 2.45) is 5.92 Å². The topological polar surface area (TPSA) is 71.2 Å². The molecule has 0 radical (unpaired) electrons. The molecular weight excluding hydrogens is 299 g/mol. The maximum atomic E-state index is 13.0. The monoisotopic (exact) mass is 318 g/mol. The number of aromatic nitrogens is 3. The molecule has 0 bridgehead atoms. The Kier molecular flexibility index (Phi) is 4.38. The highest BCUT2D eigenvalue weighted by Gasteiger charge is 2.32. The first kappa shape index (κ1) is 15.6. The molecule has 1 saturated heterocycles. The first-order valence-corrected chi connectivity index (χ1v) is 7.70. The van der Waals surface area contributed by atoms with Gasteiger partial charge in [-0.25, -0.2) is 4.39 Å². The van der Waals surface area contributed by atoms with E-state index in [0.29, 0.717) is 12.2 Å². The molecule has 2 aromatic rings. The Labute approximate surface area is 133 Å². The van der Waals surface area contributed by atoms with Crippen LogP contribution in [-0.4, -0.2) is 50.1 Å². The maximum absolute atomic E-state index is 13.0. The largest absolute Gasteiger partial charge is 0.394 e. The molecule has 2 atom stereocenters. The molecular formula is C16H19FN4O2. The van der Waals surface area contributed by atoms with Crippen LogP contribution in [0, 0.1) is 11.7 Å². The van der Waals surface area contributed by atoms with E-state index < -0.39 is 0 Å². The number of carbonyl (C=O) groups excluding carboxylic acids is 1. The van der Waals surface area contributed by atoms with Crippen molar-refractivity contribution in [3.63, 3.8) is 0 Å². The molecule has 1 aliphatic rings. The number of piperidine rings is 1. The van der Waals surface area contributed by atoms with Gasteiger partial charge in [-0.15, -0.1) is 5.10 Å². The Hall–Kier alpha value is -2.28. The van der Waals surface area contributed by atoms with Crippen LogP contribution in [0.2, 0.25) is 0 Å². The zero-order valence-corrected chi connectivity index (χ0v) is 12.9. The van der Waals surface area contributed by atoms with Crippen LogP contribution in [0.5, 0.6) is 0 Å². The van der Waals surface area contributed by atoms with Crippen molar-refractivity contribution in [3.8, 4) is 5.69 Å². The van der Waals surface area contributed by atoms with Crippen LogP contribution in [0.1, 0.15) is 30.3 Å². The number of halogens is 1. The summed E-state index contributed by atoms with van der Waals surface area (Å²) in [5.74, 6) is -0.320. The van der Waals surface area contributed by atoms with Crippen LogP contribution in [0.3, 0.4) is 0 Å². The minimum atomic E-state index is -0.342. The van der Waals surface area contributed by atoms with Gasteiger partial charge >= 0.3 is 0 Å². The molecule has 0 aliphatic carbocycles. The predicted octanol–water partition coefficient (Wildman–Crippen LogP) is 1.64. The number of aliphatic hydroxyl groups is 1. The number of benzene rings is 1. The lowest BCUT2D eigenvalue weighted by atomic mass is 9.91. The Bertz CT molecular complexity index is 686. The molecule has 1 aromatic carbocycles. The molecule has 6 nitrogen and oxygen atoms in total. The third-order valence-corrected chi connectivity index (χ3v) is 4.33. The average Bonchev–Trinajstić information content (AvgIpc) is 3.04. The van der Waals surface area contributed by atoms with Gasteiger partial charge in [0, 0.05) is 6.54 Å². The van der Waals surface area contributed by atoms with Gasteiger partial charge in [0.1, 0.15) is 5.82 Å². The molecule has 1 N–H and O–H groups in total. The van der Waals surface area contributed by atoms with Crippen LogP contribution in [0.15, 0.2) is 30.5 Å². The highest BCUT2D eigenvalue weighted by Crippen LogP contribution is 2.24. The Balaban J connectivity index is 1.82. The second-order valence-electron chi connectivity index (χ2n) is 5.86. The fraction of sp³-hybridized carbons (Fsp3) is 0.438. The Morgan fingerprint density at radius 2 is 2.13 bits per heavy atom. The molecule has 2 unspecified atom stereocenters. The SMILES string of the molecule is CC1CCCN(C(=O)c2cnn(-c3ccc(F)cc3)n2)C1CO. The number of rotatable bonds is 3. The van der Waals surface area contributed by atoms with Crippen molar-refractivity contribution < 1.29 is 14.3 Å². The van der Waals surface area contributed by atoms with E-state index in [1.165, 1.54) is 23.1 Å². The molecule has 1 fully saturated rings. The van der Waals surface area contributed by atoms with Gasteiger partial charge in [-0.05, 0) is 43.0 Å². The third-order valence-electron chi connectivity index (χ3n) is 4.33. The normalized spacial score (nSPS) is 21.4. The lowest BCUT2D eigenvalue weighted by Crippen LogP contribution is -2.49. The summed E-state index contributed by atoms with van der Waals surface area (Å²) in [4.78, 5) is 15.6. The number of hydrogen-bond acceptors (Lipinski definition) is 4. The number of likely N-dealkylation sites (tertiary alicyclic amines) is 1. The van der Waals surface area contributed by atoms with Gasteiger partial charge in [0.25, 0.3) is 5.91 Å². The van der Waals surface area contributed by atoms with Crippen LogP contribution in [0.4, 0.5) is 4.39 Å². The molecule has 2 heterocycles. The molecule has 3 rings (SSSR count). The second kappa shape index (κ2) is 6.45. The van der Waals surface area contributed by atoms with Crippen molar-refractivity contribution in [2.45, 2.75) is 25.8 Å². The van der Waals surface area contributed by atoms with Crippen LogP contribution < -0.4 is 0 Å². The van der Waals surface area contributed by atoms with E-state index in [9.17, 15) is 14.3 Å². The Morgan fingerprint density at radius 1 is 1.39 bits per heavy atom. The van der Waals surface area contributed by atoms with Gasteiger partial charge in [-0.1, -0.05) is 6.92 Å². The third kappa shape index (κ3) is 3.10. The second-order valence-corrected chi connectivity index (χ2v) is 5.86. The van der Waals surface area contributed by atoms with Gasteiger partial charge < -0.3 is 10.0 Å². The van der Waals surface area contributed by atoms with Crippen molar-refractivity contribution in [3.05, 3.63) is 42.0 Å². The van der Waals surface area contributed by atoms with Gasteiger partial charge in [-0.3, -0.25) is 4.79 Å². The van der Waals surface area contributed by atoms with E-state index in [4.69, 9.17) is 0 Å². The van der Waals surface area contributed by atoms with Crippen molar-refractivity contribution in [1.29, 1.82) is 0 Å². The zero-order valence-electron chi connectivity index (χ0n) is 12.9. The lowest BCUT2D eigenvalue weighted by Gasteiger charge is -2.38. The van der Waals surface area contributed by atoms with Crippen molar-refractivity contribution in [2.75, 3.05) is 13.2 Å². The van der Waals surface area contributed by atoms with Gasteiger partial charge in [0.2, 0.25) is 0 Å². The molecule has 0 saturated carbocycles. The molecule has 7 heteroatoms. The van der Waals surface area contributed by atoms with Crippen LogP contribution in [-0.2, 0) is 0 Å². The molecule has 1 aromatic heterocycles. The predicted molar refractivity (Wildman–Crippen MR) is 81.6 cm³/mol. The summed E-state index contributed by atoms with van der Waals surface area (Å²) >= 11 is 0. The summed E-state index contributed by atoms with van der Waals surface area (Å²) in [5, 5.41) is 17.8. The summed E-state index contributed by atoms with van der Waals surface area (Å²) in [6.07, 6.45) is 3.31. The van der Waals surface area contributed by atoms with E-state index in [2.05, 4.69) is 10.2 Å². The smallest absolute Gasteiger partial charge is 0.276 e. The number of carbonyl (C=O) groups is 1. The summed E-state index contributed by atoms with van der Waals surface area (Å²) in [5.41, 5.74) is 0.804. The van der Waals surface area contributed by atoms with Crippen LogP contribution >= 0.6 is 0 Å². The van der Waals surface area contributed by atoms with Gasteiger partial charge in [-0.2, -0.15) is 9.90 Å². The first-order chi connectivity index (χ1) is 11.1. The summed E-state index contributed by atoms with van der Waals surface area (Å²) in [6.45, 7) is 2.59. The van der Waals surface area contributed by atoms with E-state index in [1.54, 1.807) is 17.0 Å². The van der Waals surface area contributed by atoms with Gasteiger partial charge in [0.05, 0.1) is 24.5 Å². The number of nitrogens with zero attached hydrogens (tertiary/aromatic N) is 4. The minimum absolute atomic E-state index is 0.0565. The Morgan fingerprint density at radius 3 is 2.83 bits per heavy atom. The highest BCUT2D eigenvalue weighted by molar-refractivity contribution is 5.92. The zero-order chi connectivity index (χ0) is 16.4. The highest BCUT2D eigenvalue weighted by atomic mass is 19.1. The summed E-state index contributed by atoms with van der Waals surface area (Å²) in [6, 6.07) is 5.53. The lowest BCUT2D eigenvalue weighted by molar-refractivity contribution is 0.0353. The standard InChI is InChI=1S/C16H19FN4O2/c1-11-3-2-8-20(15(11)10-22)16(23)14-9-18-21(19-14)13-6-4-12(17)5-7-13/h4-7,9,11,15,22H,2-3,8,10H2,1H3. The molecule has 0 spiro atoms. The van der Waals surface area contributed by atoms with E-state index >= 15 is 0 Å². The fourth-order valence-corrected chi connectivity index (χ4v) is 2.99. The quantitative estimate of drug-likeness (QED) is 0.934. The first-order valence-electron chi connectivity index (χ1n) is 7.70. The van der Waals surface area contributed by atoms with Gasteiger partial charge in [0.15, 0.2) is 5.69 Å². The van der Waals surface area contributed by atoms with Crippen LogP contribution in [0.25, 0.3) is 5.69 Å². The minimum Gasteiger partial charge on any atom is -0.394 e.